The molecule has 0 atom stereocenters. The molecule has 0 saturated heterocycles. The minimum absolute atomic E-state index is 0.568. The van der Waals surface area contributed by atoms with E-state index in [4.69, 9.17) is 4.74 Å². The second-order valence-corrected chi connectivity index (χ2v) is 5.94. The zero-order valence-corrected chi connectivity index (χ0v) is 14.1. The van der Waals surface area contributed by atoms with E-state index in [0.29, 0.717) is 6.61 Å². The van der Waals surface area contributed by atoms with Crippen LogP contribution >= 0.6 is 0 Å². The molecule has 0 unspecified atom stereocenters. The van der Waals surface area contributed by atoms with Gasteiger partial charge in [0.05, 0.1) is 5.69 Å². The molecule has 3 aromatic carbocycles. The quantitative estimate of drug-likeness (QED) is 0.559. The van der Waals surface area contributed by atoms with Crippen LogP contribution in [0.25, 0.3) is 0 Å². The molecule has 2 heteroatoms. The van der Waals surface area contributed by atoms with Crippen molar-refractivity contribution in [3.8, 4) is 5.75 Å². The minimum Gasteiger partial charge on any atom is -0.489 e. The van der Waals surface area contributed by atoms with E-state index < -0.39 is 0 Å². The first-order chi connectivity index (χ1) is 11.7. The monoisotopic (exact) mass is 315 g/mol. The first-order valence-corrected chi connectivity index (χ1v) is 8.08. The summed E-state index contributed by atoms with van der Waals surface area (Å²) in [5, 5.41) is 0. The van der Waals surface area contributed by atoms with Gasteiger partial charge in [-0.3, -0.25) is 4.99 Å². The summed E-state index contributed by atoms with van der Waals surface area (Å²) >= 11 is 0. The van der Waals surface area contributed by atoms with Gasteiger partial charge in [0.2, 0.25) is 0 Å². The van der Waals surface area contributed by atoms with Gasteiger partial charge < -0.3 is 4.74 Å². The number of benzene rings is 3. The third-order valence-corrected chi connectivity index (χ3v) is 3.78. The highest BCUT2D eigenvalue weighted by atomic mass is 16.5. The molecule has 3 aromatic rings. The van der Waals surface area contributed by atoms with Gasteiger partial charge in [0.1, 0.15) is 12.4 Å². The number of rotatable bonds is 5. The van der Waals surface area contributed by atoms with Crippen molar-refractivity contribution >= 4 is 11.9 Å². The molecule has 0 saturated carbocycles. The van der Waals surface area contributed by atoms with Crippen molar-refractivity contribution in [2.75, 3.05) is 0 Å². The molecule has 0 bridgehead atoms. The van der Waals surface area contributed by atoms with E-state index in [0.717, 1.165) is 17.0 Å². The first kappa shape index (κ1) is 16.0. The minimum atomic E-state index is 0.568. The van der Waals surface area contributed by atoms with E-state index in [1.54, 1.807) is 0 Å². The highest BCUT2D eigenvalue weighted by Gasteiger charge is 1.98. The Morgan fingerprint density at radius 1 is 0.833 bits per heavy atom. The van der Waals surface area contributed by atoms with Crippen LogP contribution in [-0.2, 0) is 6.61 Å². The molecule has 0 N–H and O–H groups in total. The van der Waals surface area contributed by atoms with Crippen molar-refractivity contribution in [3.63, 3.8) is 0 Å². The molecule has 0 aliphatic heterocycles. The summed E-state index contributed by atoms with van der Waals surface area (Å²) in [7, 11) is 0. The topological polar surface area (TPSA) is 21.6 Å². The van der Waals surface area contributed by atoms with E-state index in [-0.39, 0.29) is 0 Å². The van der Waals surface area contributed by atoms with Gasteiger partial charge in [-0.25, -0.2) is 0 Å². The fourth-order valence-corrected chi connectivity index (χ4v) is 2.32. The van der Waals surface area contributed by atoms with Gasteiger partial charge >= 0.3 is 0 Å². The Balaban J connectivity index is 1.65. The average Bonchev–Trinajstić information content (AvgIpc) is 2.61. The maximum Gasteiger partial charge on any atom is 0.120 e. The summed E-state index contributed by atoms with van der Waals surface area (Å²) in [5.74, 6) is 0.850. The Morgan fingerprint density at radius 2 is 1.50 bits per heavy atom. The maximum absolute atomic E-state index is 5.88. The highest BCUT2D eigenvalue weighted by molar-refractivity contribution is 5.82. The Morgan fingerprint density at radius 3 is 2.21 bits per heavy atom. The molecule has 0 fully saturated rings. The molecule has 120 valence electrons. The van der Waals surface area contributed by atoms with E-state index in [2.05, 4.69) is 55.2 Å². The Hall–Kier alpha value is -2.87. The lowest BCUT2D eigenvalue weighted by atomic mass is 10.2. The van der Waals surface area contributed by atoms with Gasteiger partial charge in [0.15, 0.2) is 0 Å². The lowest BCUT2D eigenvalue weighted by molar-refractivity contribution is 0.306. The summed E-state index contributed by atoms with van der Waals surface area (Å²) in [5.41, 5.74) is 5.64. The number of aliphatic imine (C=N–C) groups is 1. The number of hydrogen-bond donors (Lipinski definition) is 0. The molecular formula is C22H21NO. The fraction of sp³-hybridized carbons (Fsp3) is 0.136. The first-order valence-electron chi connectivity index (χ1n) is 8.08. The molecule has 0 amide bonds. The van der Waals surface area contributed by atoms with Crippen LogP contribution in [0, 0.1) is 13.8 Å². The van der Waals surface area contributed by atoms with Gasteiger partial charge in [-0.15, -0.1) is 0 Å². The lowest BCUT2D eigenvalue weighted by Crippen LogP contribution is -1.95. The number of aryl methyl sites for hydroxylation is 2. The van der Waals surface area contributed by atoms with E-state index in [1.807, 2.05) is 42.6 Å². The van der Waals surface area contributed by atoms with Gasteiger partial charge in [0, 0.05) is 6.21 Å². The van der Waals surface area contributed by atoms with Gasteiger partial charge in [-0.1, -0.05) is 59.7 Å². The average molecular weight is 315 g/mol. The third kappa shape index (κ3) is 4.56. The molecule has 0 aliphatic rings. The summed E-state index contributed by atoms with van der Waals surface area (Å²) in [6.07, 6.45) is 1.86. The lowest BCUT2D eigenvalue weighted by Gasteiger charge is -2.07. The van der Waals surface area contributed by atoms with Crippen molar-refractivity contribution in [2.45, 2.75) is 20.5 Å². The normalized spacial score (nSPS) is 10.9. The smallest absolute Gasteiger partial charge is 0.120 e. The Kier molecular flexibility index (Phi) is 5.07. The number of ether oxygens (including phenoxy) is 1. The van der Waals surface area contributed by atoms with Crippen LogP contribution in [0.2, 0.25) is 0 Å². The number of hydrogen-bond acceptors (Lipinski definition) is 2. The van der Waals surface area contributed by atoms with E-state index in [1.165, 1.54) is 16.7 Å². The second kappa shape index (κ2) is 7.60. The summed E-state index contributed by atoms with van der Waals surface area (Å²) < 4.78 is 5.88. The summed E-state index contributed by atoms with van der Waals surface area (Å²) in [6, 6.07) is 24.5. The molecule has 0 heterocycles. The maximum atomic E-state index is 5.88. The summed E-state index contributed by atoms with van der Waals surface area (Å²) in [4.78, 5) is 4.51. The standard InChI is InChI=1S/C22H21NO/c1-17-6-10-19(11-7-17)16-24-22-5-3-4-20(14-22)15-23-21-12-8-18(2)9-13-21/h3-15H,16H2,1-2H3. The van der Waals surface area contributed by atoms with Crippen molar-refractivity contribution in [1.82, 2.24) is 0 Å². The van der Waals surface area contributed by atoms with Crippen molar-refractivity contribution < 1.29 is 4.74 Å². The molecule has 0 radical (unpaired) electrons. The number of nitrogens with zero attached hydrogens (tertiary/aromatic N) is 1. The second-order valence-electron chi connectivity index (χ2n) is 5.94. The van der Waals surface area contributed by atoms with Crippen LogP contribution in [0.15, 0.2) is 77.8 Å². The van der Waals surface area contributed by atoms with Crippen molar-refractivity contribution in [2.24, 2.45) is 4.99 Å². The molecule has 0 aromatic heterocycles. The predicted octanol–water partition coefficient (Wildman–Crippen LogP) is 5.63. The molecule has 2 nitrogen and oxygen atoms in total. The van der Waals surface area contributed by atoms with Crippen LogP contribution in [0.3, 0.4) is 0 Å². The van der Waals surface area contributed by atoms with Crippen LogP contribution in [0.5, 0.6) is 5.75 Å². The third-order valence-electron chi connectivity index (χ3n) is 3.78. The molecule has 0 aliphatic carbocycles. The fourth-order valence-electron chi connectivity index (χ4n) is 2.32. The highest BCUT2D eigenvalue weighted by Crippen LogP contribution is 2.16. The SMILES string of the molecule is Cc1ccc(COc2cccc(C=Nc3ccc(C)cc3)c2)cc1. The van der Waals surface area contributed by atoms with Gasteiger partial charge in [-0.2, -0.15) is 0 Å². The Bertz CT molecular complexity index is 817. The van der Waals surface area contributed by atoms with Crippen LogP contribution < -0.4 is 4.74 Å². The largest absolute Gasteiger partial charge is 0.489 e. The van der Waals surface area contributed by atoms with Crippen LogP contribution in [0.1, 0.15) is 22.3 Å². The van der Waals surface area contributed by atoms with Gasteiger partial charge in [-0.05, 0) is 49.2 Å². The van der Waals surface area contributed by atoms with Gasteiger partial charge in [0.25, 0.3) is 0 Å². The summed E-state index contributed by atoms with van der Waals surface area (Å²) in [6.45, 7) is 4.72. The zero-order chi connectivity index (χ0) is 16.8. The molecule has 24 heavy (non-hydrogen) atoms. The molecular weight excluding hydrogens is 294 g/mol. The van der Waals surface area contributed by atoms with Crippen molar-refractivity contribution in [1.29, 1.82) is 0 Å². The van der Waals surface area contributed by atoms with E-state index >= 15 is 0 Å². The van der Waals surface area contributed by atoms with Crippen molar-refractivity contribution in [3.05, 3.63) is 95.1 Å². The van der Waals surface area contributed by atoms with Crippen LogP contribution in [0.4, 0.5) is 5.69 Å². The Labute approximate surface area is 143 Å². The van der Waals surface area contributed by atoms with E-state index in [9.17, 15) is 0 Å². The predicted molar refractivity (Wildman–Crippen MR) is 100 cm³/mol. The molecule has 0 spiro atoms. The zero-order valence-electron chi connectivity index (χ0n) is 14.1. The van der Waals surface area contributed by atoms with Crippen LogP contribution in [-0.4, -0.2) is 6.21 Å². The molecule has 3 rings (SSSR count).